The molecule has 2 N–H and O–H groups in total. The minimum Gasteiger partial charge on any atom is -0.326 e. The minimum absolute atomic E-state index is 0.0583. The van der Waals surface area contributed by atoms with Crippen LogP contribution in [0.25, 0.3) is 0 Å². The molecule has 0 unspecified atom stereocenters. The molecule has 1 aromatic rings. The van der Waals surface area contributed by atoms with E-state index in [-0.39, 0.29) is 11.9 Å². The maximum atomic E-state index is 11.1. The second-order valence-corrected chi connectivity index (χ2v) is 6.98. The zero-order chi connectivity index (χ0) is 14.8. The molecule has 1 aliphatic rings. The number of carbonyl (C=O) groups excluding carboxylic acids is 1. The fraction of sp³-hybridized carbons (Fsp3) is 0.533. The van der Waals surface area contributed by atoms with Gasteiger partial charge in [-0.05, 0) is 49.9 Å². The fourth-order valence-electron chi connectivity index (χ4n) is 2.26. The monoisotopic (exact) mass is 314 g/mol. The molecule has 5 heteroatoms. The highest BCUT2D eigenvalue weighted by atomic mass is 35.5. The number of nitrogens with one attached hydrogen (secondary N) is 2. The van der Waals surface area contributed by atoms with Gasteiger partial charge in [-0.1, -0.05) is 12.1 Å². The number of anilines is 1. The summed E-state index contributed by atoms with van der Waals surface area (Å²) in [6, 6.07) is 8.10. The normalized spacial score (nSPS) is 21.3. The molecule has 0 aliphatic heterocycles. The van der Waals surface area contributed by atoms with Gasteiger partial charge in [-0.2, -0.15) is 0 Å². The molecule has 0 aromatic heterocycles. The Morgan fingerprint density at radius 3 is 2.80 bits per heavy atom. The van der Waals surface area contributed by atoms with Gasteiger partial charge in [0.1, 0.15) is 4.33 Å². The Labute approximate surface area is 130 Å². The van der Waals surface area contributed by atoms with Gasteiger partial charge in [-0.25, -0.2) is 0 Å². The molecular weight excluding hydrogens is 295 g/mol. The first-order valence-electron chi connectivity index (χ1n) is 6.87. The van der Waals surface area contributed by atoms with Crippen molar-refractivity contribution < 1.29 is 4.79 Å². The van der Waals surface area contributed by atoms with Gasteiger partial charge < -0.3 is 10.6 Å². The Morgan fingerprint density at radius 2 is 2.20 bits per heavy atom. The van der Waals surface area contributed by atoms with E-state index in [4.69, 9.17) is 23.2 Å². The lowest BCUT2D eigenvalue weighted by Gasteiger charge is -2.15. The van der Waals surface area contributed by atoms with Crippen LogP contribution in [0.4, 0.5) is 5.69 Å². The molecule has 0 saturated heterocycles. The molecule has 0 bridgehead atoms. The van der Waals surface area contributed by atoms with Crippen LogP contribution in [0.15, 0.2) is 24.3 Å². The molecule has 20 heavy (non-hydrogen) atoms. The van der Waals surface area contributed by atoms with Crippen molar-refractivity contribution in [3.8, 4) is 0 Å². The molecule has 1 aliphatic carbocycles. The van der Waals surface area contributed by atoms with Crippen molar-refractivity contribution in [2.45, 2.75) is 37.1 Å². The highest BCUT2D eigenvalue weighted by Crippen LogP contribution is 2.54. The maximum Gasteiger partial charge on any atom is 0.221 e. The second kappa shape index (κ2) is 6.33. The quantitative estimate of drug-likeness (QED) is 0.782. The number of hydrogen-bond acceptors (Lipinski definition) is 2. The van der Waals surface area contributed by atoms with Crippen LogP contribution < -0.4 is 10.6 Å². The number of halogens is 2. The first-order valence-corrected chi connectivity index (χ1v) is 7.63. The van der Waals surface area contributed by atoms with E-state index in [2.05, 4.69) is 17.6 Å². The van der Waals surface area contributed by atoms with Gasteiger partial charge >= 0.3 is 0 Å². The minimum atomic E-state index is -0.490. The number of carbonyl (C=O) groups is 1. The van der Waals surface area contributed by atoms with E-state index in [1.165, 1.54) is 6.92 Å². The van der Waals surface area contributed by atoms with E-state index >= 15 is 0 Å². The zero-order valence-electron chi connectivity index (χ0n) is 11.7. The largest absolute Gasteiger partial charge is 0.326 e. The zero-order valence-corrected chi connectivity index (χ0v) is 13.3. The summed E-state index contributed by atoms with van der Waals surface area (Å²) in [4.78, 5) is 11.1. The third kappa shape index (κ3) is 4.37. The summed E-state index contributed by atoms with van der Waals surface area (Å²) in [7, 11) is 0. The molecule has 0 spiro atoms. The lowest BCUT2D eigenvalue weighted by molar-refractivity contribution is -0.114. The maximum absolute atomic E-state index is 11.1. The number of benzene rings is 1. The van der Waals surface area contributed by atoms with E-state index < -0.39 is 4.33 Å². The van der Waals surface area contributed by atoms with Gasteiger partial charge in [0.05, 0.1) is 0 Å². The predicted molar refractivity (Wildman–Crippen MR) is 84.3 cm³/mol. The van der Waals surface area contributed by atoms with Crippen LogP contribution in [0.5, 0.6) is 0 Å². The number of alkyl halides is 2. The van der Waals surface area contributed by atoms with Crippen molar-refractivity contribution in [1.29, 1.82) is 0 Å². The molecule has 1 aromatic carbocycles. The lowest BCUT2D eigenvalue weighted by atomic mass is 10.1. The lowest BCUT2D eigenvalue weighted by Crippen LogP contribution is -2.21. The Balaban J connectivity index is 1.82. The van der Waals surface area contributed by atoms with Crippen LogP contribution in [0.2, 0.25) is 0 Å². The van der Waals surface area contributed by atoms with Gasteiger partial charge in [-0.3, -0.25) is 4.79 Å². The predicted octanol–water partition coefficient (Wildman–Crippen LogP) is 3.88. The van der Waals surface area contributed by atoms with E-state index in [0.29, 0.717) is 5.92 Å². The van der Waals surface area contributed by atoms with Crippen LogP contribution in [0.1, 0.15) is 38.3 Å². The Kier molecular flexibility index (Phi) is 4.95. The molecule has 2 rings (SSSR count). The molecule has 1 amide bonds. The van der Waals surface area contributed by atoms with E-state index in [9.17, 15) is 4.79 Å². The summed E-state index contributed by atoms with van der Waals surface area (Å²) < 4.78 is -0.490. The van der Waals surface area contributed by atoms with Gasteiger partial charge in [0.2, 0.25) is 5.91 Å². The molecule has 110 valence electrons. The summed E-state index contributed by atoms with van der Waals surface area (Å²) in [6.45, 7) is 4.50. The molecule has 1 saturated carbocycles. The number of amides is 1. The first kappa shape index (κ1) is 15.6. The molecule has 3 nitrogen and oxygen atoms in total. The van der Waals surface area contributed by atoms with Crippen LogP contribution in [0, 0.1) is 5.92 Å². The molecule has 1 fully saturated rings. The van der Waals surface area contributed by atoms with Gasteiger partial charge in [-0.15, -0.1) is 23.2 Å². The van der Waals surface area contributed by atoms with E-state index in [0.717, 1.165) is 30.6 Å². The third-order valence-corrected chi connectivity index (χ3v) is 4.53. The SMILES string of the molecule is CC(=O)Nc1cccc([C@H](C)NCC[C@H]2CC2(Cl)Cl)c1. The highest BCUT2D eigenvalue weighted by Gasteiger charge is 2.50. The van der Waals surface area contributed by atoms with Crippen LogP contribution in [-0.2, 0) is 4.79 Å². The molecule has 2 atom stereocenters. The molecule has 0 radical (unpaired) electrons. The summed E-state index contributed by atoms with van der Waals surface area (Å²) >= 11 is 12.0. The fourth-order valence-corrected chi connectivity index (χ4v) is 2.85. The number of rotatable bonds is 6. The molecule has 0 heterocycles. The smallest absolute Gasteiger partial charge is 0.221 e. The van der Waals surface area contributed by atoms with Crippen LogP contribution in [0.3, 0.4) is 0 Å². The van der Waals surface area contributed by atoms with Gasteiger partial charge in [0, 0.05) is 18.7 Å². The van der Waals surface area contributed by atoms with Gasteiger partial charge in [0.15, 0.2) is 0 Å². The van der Waals surface area contributed by atoms with Gasteiger partial charge in [0.25, 0.3) is 0 Å². The van der Waals surface area contributed by atoms with Crippen LogP contribution >= 0.6 is 23.2 Å². The first-order chi connectivity index (χ1) is 9.38. The van der Waals surface area contributed by atoms with E-state index in [1.54, 1.807) is 0 Å². The summed E-state index contributed by atoms with van der Waals surface area (Å²) in [5.41, 5.74) is 1.97. The van der Waals surface area contributed by atoms with Crippen molar-refractivity contribution in [2.24, 2.45) is 5.92 Å². The Bertz CT molecular complexity index is 491. The van der Waals surface area contributed by atoms with E-state index in [1.807, 2.05) is 24.3 Å². The standard InChI is InChI=1S/C15H20Cl2N2O/c1-10(18-7-6-13-9-15(13,16)17)12-4-3-5-14(8-12)19-11(2)20/h3-5,8,10,13,18H,6-7,9H2,1-2H3,(H,19,20)/t10-,13-/m0/s1. The molecular formula is C15H20Cl2N2O. The Hall–Kier alpha value is -0.770. The van der Waals surface area contributed by atoms with Crippen molar-refractivity contribution in [3.63, 3.8) is 0 Å². The average Bonchev–Trinajstić information content (AvgIpc) is 2.96. The third-order valence-electron chi connectivity index (χ3n) is 3.61. The average molecular weight is 315 g/mol. The van der Waals surface area contributed by atoms with Crippen molar-refractivity contribution in [3.05, 3.63) is 29.8 Å². The summed E-state index contributed by atoms with van der Waals surface area (Å²) in [5.74, 6) is 0.355. The Morgan fingerprint density at radius 1 is 1.50 bits per heavy atom. The topological polar surface area (TPSA) is 41.1 Å². The van der Waals surface area contributed by atoms with Crippen molar-refractivity contribution >= 4 is 34.8 Å². The number of hydrogen-bond donors (Lipinski definition) is 2. The highest BCUT2D eigenvalue weighted by molar-refractivity contribution is 6.50. The summed E-state index contributed by atoms with van der Waals surface area (Å²) in [5, 5.41) is 6.25. The summed E-state index contributed by atoms with van der Waals surface area (Å²) in [6.07, 6.45) is 1.88. The second-order valence-electron chi connectivity index (χ2n) is 5.43. The van der Waals surface area contributed by atoms with Crippen molar-refractivity contribution in [2.75, 3.05) is 11.9 Å². The van der Waals surface area contributed by atoms with Crippen LogP contribution in [-0.4, -0.2) is 16.8 Å². The van der Waals surface area contributed by atoms with Crippen molar-refractivity contribution in [1.82, 2.24) is 5.32 Å².